The second kappa shape index (κ2) is 3.97. The molecule has 1 saturated heterocycles. The molecule has 0 amide bonds. The smallest absolute Gasteiger partial charge is 0.107 e. The van der Waals surface area contributed by atoms with E-state index in [1.165, 1.54) is 32.1 Å². The number of likely N-dealkylation sites (tertiary alicyclic amines) is 1. The van der Waals surface area contributed by atoms with Crippen molar-refractivity contribution in [1.82, 2.24) is 4.90 Å². The summed E-state index contributed by atoms with van der Waals surface area (Å²) in [5.41, 5.74) is 0. The number of aliphatic hydroxyl groups excluding tert-OH is 1. The van der Waals surface area contributed by atoms with E-state index in [1.54, 1.807) is 0 Å². The van der Waals surface area contributed by atoms with Crippen molar-refractivity contribution >= 4 is 0 Å². The third-order valence-electron chi connectivity index (χ3n) is 3.72. The molecule has 76 valence electrons. The van der Waals surface area contributed by atoms with Gasteiger partial charge in [0.2, 0.25) is 0 Å². The molecular formula is C11H21NO. The first-order valence-electron chi connectivity index (χ1n) is 5.71. The van der Waals surface area contributed by atoms with Crippen LogP contribution in [-0.2, 0) is 0 Å². The highest BCUT2D eigenvalue weighted by Gasteiger charge is 2.31. The van der Waals surface area contributed by atoms with Crippen LogP contribution >= 0.6 is 0 Å². The predicted molar refractivity (Wildman–Crippen MR) is 53.4 cm³/mol. The molecule has 0 bridgehead atoms. The van der Waals surface area contributed by atoms with Gasteiger partial charge in [-0.15, -0.1) is 0 Å². The van der Waals surface area contributed by atoms with Gasteiger partial charge in [0.1, 0.15) is 6.23 Å². The van der Waals surface area contributed by atoms with Crippen molar-refractivity contribution in [2.24, 2.45) is 5.92 Å². The monoisotopic (exact) mass is 183 g/mol. The summed E-state index contributed by atoms with van der Waals surface area (Å²) in [6, 6.07) is 0.689. The third-order valence-corrected chi connectivity index (χ3v) is 3.72. The standard InChI is InChI=1S/C11H21NO/c1-9-4-6-10(7-5-9)12-8-2-3-11(12)13/h9-11,13H,2-8H2,1H3. The number of aliphatic hydroxyl groups is 1. The lowest BCUT2D eigenvalue weighted by Crippen LogP contribution is -2.40. The Morgan fingerprint density at radius 3 is 2.31 bits per heavy atom. The molecule has 1 saturated carbocycles. The molecule has 0 aromatic heterocycles. The predicted octanol–water partition coefficient (Wildman–Crippen LogP) is 1.98. The van der Waals surface area contributed by atoms with Crippen molar-refractivity contribution in [3.63, 3.8) is 0 Å². The minimum absolute atomic E-state index is 0.126. The lowest BCUT2D eigenvalue weighted by molar-refractivity contribution is -0.00557. The maximum absolute atomic E-state index is 9.73. The van der Waals surface area contributed by atoms with Crippen molar-refractivity contribution in [2.75, 3.05) is 6.54 Å². The number of nitrogens with zero attached hydrogens (tertiary/aromatic N) is 1. The van der Waals surface area contributed by atoms with Crippen LogP contribution in [0.25, 0.3) is 0 Å². The molecule has 1 N–H and O–H groups in total. The maximum atomic E-state index is 9.73. The van der Waals surface area contributed by atoms with E-state index in [4.69, 9.17) is 0 Å². The van der Waals surface area contributed by atoms with Gasteiger partial charge >= 0.3 is 0 Å². The van der Waals surface area contributed by atoms with Crippen molar-refractivity contribution in [1.29, 1.82) is 0 Å². The Morgan fingerprint density at radius 1 is 1.08 bits per heavy atom. The van der Waals surface area contributed by atoms with Crippen LogP contribution in [0.3, 0.4) is 0 Å². The summed E-state index contributed by atoms with van der Waals surface area (Å²) in [5.74, 6) is 0.913. The Bertz CT molecular complexity index is 163. The van der Waals surface area contributed by atoms with E-state index in [2.05, 4.69) is 11.8 Å². The second-order valence-corrected chi connectivity index (χ2v) is 4.77. The molecule has 0 spiro atoms. The fraction of sp³-hybridized carbons (Fsp3) is 1.00. The number of hydrogen-bond donors (Lipinski definition) is 1. The summed E-state index contributed by atoms with van der Waals surface area (Å²) in [7, 11) is 0. The maximum Gasteiger partial charge on any atom is 0.107 e. The molecule has 1 aliphatic carbocycles. The van der Waals surface area contributed by atoms with Crippen LogP contribution in [0.1, 0.15) is 45.4 Å². The van der Waals surface area contributed by atoms with Crippen molar-refractivity contribution in [3.8, 4) is 0 Å². The average molecular weight is 183 g/mol. The average Bonchev–Trinajstić information content (AvgIpc) is 2.53. The summed E-state index contributed by atoms with van der Waals surface area (Å²) >= 11 is 0. The Balaban J connectivity index is 1.86. The van der Waals surface area contributed by atoms with Gasteiger partial charge in [-0.25, -0.2) is 0 Å². The Labute approximate surface area is 80.9 Å². The van der Waals surface area contributed by atoms with Crippen LogP contribution in [0, 0.1) is 5.92 Å². The van der Waals surface area contributed by atoms with Gasteiger partial charge in [0.15, 0.2) is 0 Å². The summed E-state index contributed by atoms with van der Waals surface area (Å²) < 4.78 is 0. The minimum Gasteiger partial charge on any atom is -0.378 e. The largest absolute Gasteiger partial charge is 0.378 e. The van der Waals surface area contributed by atoms with E-state index in [9.17, 15) is 5.11 Å². The molecule has 1 unspecified atom stereocenters. The van der Waals surface area contributed by atoms with E-state index in [1.807, 2.05) is 0 Å². The highest BCUT2D eigenvalue weighted by molar-refractivity contribution is 4.82. The fourth-order valence-electron chi connectivity index (χ4n) is 2.77. The molecule has 1 atom stereocenters. The van der Waals surface area contributed by atoms with Crippen LogP contribution in [-0.4, -0.2) is 28.8 Å². The molecule has 2 fully saturated rings. The molecule has 2 heteroatoms. The van der Waals surface area contributed by atoms with E-state index in [0.717, 1.165) is 18.9 Å². The summed E-state index contributed by atoms with van der Waals surface area (Å²) in [6.45, 7) is 3.47. The third kappa shape index (κ3) is 2.05. The van der Waals surface area contributed by atoms with Crippen molar-refractivity contribution in [2.45, 2.75) is 57.7 Å². The molecular weight excluding hydrogens is 162 g/mol. The van der Waals surface area contributed by atoms with Crippen LogP contribution in [0.5, 0.6) is 0 Å². The number of rotatable bonds is 1. The Kier molecular flexibility index (Phi) is 2.89. The molecule has 2 nitrogen and oxygen atoms in total. The van der Waals surface area contributed by atoms with E-state index in [0.29, 0.717) is 6.04 Å². The van der Waals surface area contributed by atoms with Crippen LogP contribution < -0.4 is 0 Å². The van der Waals surface area contributed by atoms with Crippen LogP contribution in [0.2, 0.25) is 0 Å². The van der Waals surface area contributed by atoms with Gasteiger partial charge in [-0.05, 0) is 44.4 Å². The SMILES string of the molecule is CC1CCC(N2CCCC2O)CC1. The first-order chi connectivity index (χ1) is 6.27. The Morgan fingerprint density at radius 2 is 1.77 bits per heavy atom. The first kappa shape index (κ1) is 9.47. The summed E-state index contributed by atoms with van der Waals surface area (Å²) in [4.78, 5) is 2.33. The van der Waals surface area contributed by atoms with Crippen molar-refractivity contribution < 1.29 is 5.11 Å². The molecule has 2 aliphatic rings. The fourth-order valence-corrected chi connectivity index (χ4v) is 2.77. The van der Waals surface area contributed by atoms with Gasteiger partial charge in [0.05, 0.1) is 0 Å². The molecule has 0 aromatic carbocycles. The number of hydrogen-bond acceptors (Lipinski definition) is 2. The summed E-state index contributed by atoms with van der Waals surface area (Å²) in [6.07, 6.45) is 7.37. The van der Waals surface area contributed by atoms with Gasteiger partial charge in [-0.1, -0.05) is 6.92 Å². The van der Waals surface area contributed by atoms with Gasteiger partial charge in [0.25, 0.3) is 0 Å². The highest BCUT2D eigenvalue weighted by Crippen LogP contribution is 2.30. The Hall–Kier alpha value is -0.0800. The summed E-state index contributed by atoms with van der Waals surface area (Å²) in [5, 5.41) is 9.73. The normalized spacial score (nSPS) is 42.5. The molecule has 1 heterocycles. The molecule has 13 heavy (non-hydrogen) atoms. The highest BCUT2D eigenvalue weighted by atomic mass is 16.3. The van der Waals surface area contributed by atoms with Crippen molar-refractivity contribution in [3.05, 3.63) is 0 Å². The zero-order valence-corrected chi connectivity index (χ0v) is 8.58. The van der Waals surface area contributed by atoms with Crippen LogP contribution in [0.4, 0.5) is 0 Å². The molecule has 2 rings (SSSR count). The first-order valence-corrected chi connectivity index (χ1v) is 5.71. The molecule has 0 aromatic rings. The second-order valence-electron chi connectivity index (χ2n) is 4.77. The lowest BCUT2D eigenvalue weighted by Gasteiger charge is -2.35. The lowest BCUT2D eigenvalue weighted by atomic mass is 9.87. The van der Waals surface area contributed by atoms with Gasteiger partial charge in [-0.2, -0.15) is 0 Å². The topological polar surface area (TPSA) is 23.5 Å². The molecule has 1 aliphatic heterocycles. The quantitative estimate of drug-likeness (QED) is 0.672. The molecule has 0 radical (unpaired) electrons. The minimum atomic E-state index is -0.126. The van der Waals surface area contributed by atoms with Crippen LogP contribution in [0.15, 0.2) is 0 Å². The van der Waals surface area contributed by atoms with Gasteiger partial charge in [0, 0.05) is 12.6 Å². The van der Waals surface area contributed by atoms with E-state index in [-0.39, 0.29) is 6.23 Å². The van der Waals surface area contributed by atoms with Gasteiger partial charge < -0.3 is 5.11 Å². The zero-order chi connectivity index (χ0) is 9.26. The zero-order valence-electron chi connectivity index (χ0n) is 8.58. The van der Waals surface area contributed by atoms with E-state index < -0.39 is 0 Å². The van der Waals surface area contributed by atoms with E-state index >= 15 is 0 Å². The van der Waals surface area contributed by atoms with Gasteiger partial charge in [-0.3, -0.25) is 4.90 Å².